The highest BCUT2D eigenvalue weighted by Crippen LogP contribution is 2.52. The summed E-state index contributed by atoms with van der Waals surface area (Å²) in [5, 5.41) is 3.86. The Morgan fingerprint density at radius 3 is 2.61 bits per heavy atom. The van der Waals surface area contributed by atoms with E-state index in [-0.39, 0.29) is 0 Å². The molecule has 2 aliphatic rings. The van der Waals surface area contributed by atoms with Crippen LogP contribution >= 0.6 is 22.9 Å². The Morgan fingerprint density at radius 1 is 1.28 bits per heavy atom. The highest BCUT2D eigenvalue weighted by molar-refractivity contribution is 7.16. The first kappa shape index (κ1) is 13.0. The Balaban J connectivity index is 1.62. The highest BCUT2D eigenvalue weighted by Gasteiger charge is 2.46. The average Bonchev–Trinajstić information content (AvgIpc) is 2.82. The molecule has 1 aromatic rings. The molecule has 2 atom stereocenters. The number of nitrogens with one attached hydrogen (secondary N) is 1. The predicted octanol–water partition coefficient (Wildman–Crippen LogP) is 5.17. The molecule has 2 unspecified atom stereocenters. The van der Waals surface area contributed by atoms with Gasteiger partial charge in [0, 0.05) is 17.0 Å². The Morgan fingerprint density at radius 2 is 2.06 bits per heavy atom. The molecule has 0 radical (unpaired) electrons. The summed E-state index contributed by atoms with van der Waals surface area (Å²) >= 11 is 7.73. The van der Waals surface area contributed by atoms with Crippen molar-refractivity contribution < 1.29 is 0 Å². The van der Waals surface area contributed by atoms with Crippen LogP contribution in [0.4, 0.5) is 0 Å². The Kier molecular flexibility index (Phi) is 3.70. The van der Waals surface area contributed by atoms with Crippen LogP contribution in [-0.4, -0.2) is 6.04 Å². The fraction of sp³-hybridized carbons (Fsp3) is 0.733. The van der Waals surface area contributed by atoms with Crippen molar-refractivity contribution in [2.75, 3.05) is 0 Å². The molecule has 0 aliphatic heterocycles. The topological polar surface area (TPSA) is 12.0 Å². The standard InChI is InChI=1S/C15H22ClNS/c1-11(12-5-6-14(16)18-12)17-13-7-10-15(13)8-3-2-4-9-15/h5-6,11,13,17H,2-4,7-10H2,1H3. The van der Waals surface area contributed by atoms with Crippen LogP contribution in [0.1, 0.15) is 62.8 Å². The molecule has 18 heavy (non-hydrogen) atoms. The van der Waals surface area contributed by atoms with Gasteiger partial charge in [-0.05, 0) is 50.2 Å². The second-order valence-corrected chi connectivity index (χ2v) is 7.79. The van der Waals surface area contributed by atoms with E-state index in [4.69, 9.17) is 11.6 Å². The maximum Gasteiger partial charge on any atom is 0.0931 e. The second kappa shape index (κ2) is 5.15. The molecule has 0 bridgehead atoms. The van der Waals surface area contributed by atoms with Crippen molar-refractivity contribution in [3.63, 3.8) is 0 Å². The van der Waals surface area contributed by atoms with Gasteiger partial charge in [0.2, 0.25) is 0 Å². The Labute approximate surface area is 119 Å². The van der Waals surface area contributed by atoms with Crippen LogP contribution in [0.3, 0.4) is 0 Å². The van der Waals surface area contributed by atoms with E-state index in [1.165, 1.54) is 49.8 Å². The number of hydrogen-bond donors (Lipinski definition) is 1. The molecule has 1 aromatic heterocycles. The minimum absolute atomic E-state index is 0.451. The summed E-state index contributed by atoms with van der Waals surface area (Å²) in [5.41, 5.74) is 0.646. The third-order valence-electron chi connectivity index (χ3n) is 4.99. The first-order valence-electron chi connectivity index (χ1n) is 7.21. The summed E-state index contributed by atoms with van der Waals surface area (Å²) in [5.74, 6) is 0. The van der Waals surface area contributed by atoms with Crippen molar-refractivity contribution in [1.29, 1.82) is 0 Å². The van der Waals surface area contributed by atoms with E-state index in [0.717, 1.165) is 10.4 Å². The molecule has 100 valence electrons. The Bertz CT molecular complexity index is 408. The summed E-state index contributed by atoms with van der Waals surface area (Å²) in [6, 6.07) is 5.37. The lowest BCUT2D eigenvalue weighted by Crippen LogP contribution is -2.54. The maximum absolute atomic E-state index is 6.02. The minimum Gasteiger partial charge on any atom is -0.306 e. The van der Waals surface area contributed by atoms with E-state index >= 15 is 0 Å². The highest BCUT2D eigenvalue weighted by atomic mass is 35.5. The number of halogens is 1. The predicted molar refractivity (Wildman–Crippen MR) is 79.4 cm³/mol. The molecule has 2 fully saturated rings. The fourth-order valence-corrected chi connectivity index (χ4v) is 4.83. The number of hydrogen-bond acceptors (Lipinski definition) is 2. The maximum atomic E-state index is 6.02. The third-order valence-corrected chi connectivity index (χ3v) is 6.41. The van der Waals surface area contributed by atoms with E-state index in [9.17, 15) is 0 Å². The lowest BCUT2D eigenvalue weighted by atomic mass is 9.57. The molecular weight excluding hydrogens is 262 g/mol. The van der Waals surface area contributed by atoms with Gasteiger partial charge in [0.05, 0.1) is 4.34 Å². The molecule has 0 aromatic carbocycles. The monoisotopic (exact) mass is 283 g/mol. The van der Waals surface area contributed by atoms with Crippen LogP contribution in [0.5, 0.6) is 0 Å². The Hall–Kier alpha value is -0.0500. The van der Waals surface area contributed by atoms with Gasteiger partial charge in [0.15, 0.2) is 0 Å². The summed E-state index contributed by atoms with van der Waals surface area (Å²) in [4.78, 5) is 1.37. The van der Waals surface area contributed by atoms with Gasteiger partial charge in [0.1, 0.15) is 0 Å². The SMILES string of the molecule is CC(NC1CCC12CCCCC2)c1ccc(Cl)s1. The van der Waals surface area contributed by atoms with Crippen LogP contribution < -0.4 is 5.32 Å². The van der Waals surface area contributed by atoms with Crippen LogP contribution in [0.2, 0.25) is 4.34 Å². The van der Waals surface area contributed by atoms with Gasteiger partial charge in [0.25, 0.3) is 0 Å². The van der Waals surface area contributed by atoms with Gasteiger partial charge in [-0.2, -0.15) is 0 Å². The molecule has 1 N–H and O–H groups in total. The van der Waals surface area contributed by atoms with E-state index in [1.54, 1.807) is 11.3 Å². The summed E-state index contributed by atoms with van der Waals surface area (Å²) in [6.07, 6.45) is 10.0. The average molecular weight is 284 g/mol. The second-order valence-electron chi connectivity index (χ2n) is 6.04. The first-order chi connectivity index (χ1) is 8.70. The smallest absolute Gasteiger partial charge is 0.0931 e. The van der Waals surface area contributed by atoms with Crippen molar-refractivity contribution in [3.8, 4) is 0 Å². The van der Waals surface area contributed by atoms with Crippen molar-refractivity contribution in [1.82, 2.24) is 5.32 Å². The molecule has 0 saturated heterocycles. The minimum atomic E-state index is 0.451. The zero-order valence-corrected chi connectivity index (χ0v) is 12.6. The van der Waals surface area contributed by atoms with Gasteiger partial charge >= 0.3 is 0 Å². The van der Waals surface area contributed by atoms with E-state index in [1.807, 2.05) is 6.07 Å². The van der Waals surface area contributed by atoms with Crippen molar-refractivity contribution in [2.45, 2.75) is 64.0 Å². The lowest BCUT2D eigenvalue weighted by molar-refractivity contribution is 0.0177. The molecule has 2 saturated carbocycles. The van der Waals surface area contributed by atoms with Crippen LogP contribution in [-0.2, 0) is 0 Å². The van der Waals surface area contributed by atoms with Crippen molar-refractivity contribution in [2.24, 2.45) is 5.41 Å². The quantitative estimate of drug-likeness (QED) is 0.807. The van der Waals surface area contributed by atoms with Gasteiger partial charge < -0.3 is 5.32 Å². The van der Waals surface area contributed by atoms with Crippen molar-refractivity contribution in [3.05, 3.63) is 21.3 Å². The molecule has 0 amide bonds. The molecule has 3 rings (SSSR count). The lowest BCUT2D eigenvalue weighted by Gasteiger charge is -2.53. The molecule has 3 heteroatoms. The summed E-state index contributed by atoms with van der Waals surface area (Å²) < 4.78 is 0.902. The zero-order chi connectivity index (χ0) is 12.6. The van der Waals surface area contributed by atoms with Gasteiger partial charge in [-0.15, -0.1) is 11.3 Å². The molecular formula is C15H22ClNS. The van der Waals surface area contributed by atoms with E-state index in [0.29, 0.717) is 11.5 Å². The summed E-state index contributed by atoms with van der Waals surface area (Å²) in [6.45, 7) is 2.27. The number of rotatable bonds is 3. The van der Waals surface area contributed by atoms with E-state index in [2.05, 4.69) is 18.3 Å². The van der Waals surface area contributed by atoms with Gasteiger partial charge in [-0.1, -0.05) is 30.9 Å². The third kappa shape index (κ3) is 2.35. The van der Waals surface area contributed by atoms with Crippen LogP contribution in [0.15, 0.2) is 12.1 Å². The normalized spacial score (nSPS) is 28.0. The fourth-order valence-electron chi connectivity index (χ4n) is 3.76. The molecule has 1 heterocycles. The first-order valence-corrected chi connectivity index (χ1v) is 8.40. The molecule has 1 nitrogen and oxygen atoms in total. The largest absolute Gasteiger partial charge is 0.306 e. The van der Waals surface area contributed by atoms with Crippen molar-refractivity contribution >= 4 is 22.9 Å². The molecule has 1 spiro atoms. The van der Waals surface area contributed by atoms with Crippen LogP contribution in [0.25, 0.3) is 0 Å². The molecule has 2 aliphatic carbocycles. The van der Waals surface area contributed by atoms with Crippen LogP contribution in [0, 0.1) is 5.41 Å². The zero-order valence-electron chi connectivity index (χ0n) is 11.0. The van der Waals surface area contributed by atoms with E-state index < -0.39 is 0 Å². The number of thiophene rings is 1. The summed E-state index contributed by atoms with van der Waals surface area (Å²) in [7, 11) is 0. The van der Waals surface area contributed by atoms with Gasteiger partial charge in [-0.3, -0.25) is 0 Å². The van der Waals surface area contributed by atoms with Gasteiger partial charge in [-0.25, -0.2) is 0 Å².